The van der Waals surface area contributed by atoms with Crippen molar-refractivity contribution in [2.45, 2.75) is 56.7 Å². The van der Waals surface area contributed by atoms with Crippen molar-refractivity contribution in [3.8, 4) is 0 Å². The van der Waals surface area contributed by atoms with Gasteiger partial charge in [0.2, 0.25) is 10.0 Å². The van der Waals surface area contributed by atoms with E-state index in [4.69, 9.17) is 9.47 Å². The molecular formula is C24H31NO6S. The van der Waals surface area contributed by atoms with Gasteiger partial charge >= 0.3 is 0 Å². The number of aliphatic hydroxyl groups is 2. The Morgan fingerprint density at radius 1 is 1.34 bits per heavy atom. The van der Waals surface area contributed by atoms with Crippen LogP contribution >= 0.6 is 0 Å². The van der Waals surface area contributed by atoms with Crippen molar-refractivity contribution in [2.75, 3.05) is 19.8 Å². The van der Waals surface area contributed by atoms with Gasteiger partial charge in [0, 0.05) is 18.2 Å². The smallest absolute Gasteiger partial charge is 0.248 e. The Labute approximate surface area is 189 Å². The van der Waals surface area contributed by atoms with Crippen LogP contribution in [0.1, 0.15) is 49.8 Å². The molecule has 2 aliphatic rings. The minimum Gasteiger partial charge on any atom is -0.393 e. The molecule has 0 amide bonds. The number of hydrogen-bond acceptors (Lipinski definition) is 6. The Morgan fingerprint density at radius 3 is 2.81 bits per heavy atom. The third kappa shape index (κ3) is 4.30. The van der Waals surface area contributed by atoms with E-state index >= 15 is 0 Å². The van der Waals surface area contributed by atoms with Gasteiger partial charge in [-0.3, -0.25) is 0 Å². The summed E-state index contributed by atoms with van der Waals surface area (Å²) >= 11 is 0. The molecule has 4 rings (SSSR count). The number of allylic oxidation sites excluding steroid dienone is 1. The number of aliphatic hydroxyl groups excluding tert-OH is 2. The minimum absolute atomic E-state index is 0.182. The fraction of sp³-hybridized carbons (Fsp3) is 0.500. The molecule has 0 spiro atoms. The lowest BCUT2D eigenvalue weighted by atomic mass is 9.98. The molecule has 2 N–H and O–H groups in total. The van der Waals surface area contributed by atoms with E-state index < -0.39 is 27.5 Å². The molecule has 3 atom stereocenters. The molecule has 32 heavy (non-hydrogen) atoms. The second-order valence-electron chi connectivity index (χ2n) is 8.83. The van der Waals surface area contributed by atoms with Gasteiger partial charge in [-0.25, -0.2) is 12.4 Å². The van der Waals surface area contributed by atoms with Crippen LogP contribution in [0.3, 0.4) is 0 Å². The fourth-order valence-electron chi connectivity index (χ4n) is 4.29. The van der Waals surface area contributed by atoms with Gasteiger partial charge in [-0.2, -0.15) is 0 Å². The lowest BCUT2D eigenvalue weighted by molar-refractivity contribution is -0.156. The Balaban J connectivity index is 1.55. The van der Waals surface area contributed by atoms with Crippen LogP contribution in [0.2, 0.25) is 0 Å². The summed E-state index contributed by atoms with van der Waals surface area (Å²) in [4.78, 5) is 0. The van der Waals surface area contributed by atoms with Crippen LogP contribution in [0.15, 0.2) is 48.2 Å². The van der Waals surface area contributed by atoms with E-state index in [2.05, 4.69) is 0 Å². The molecule has 0 radical (unpaired) electrons. The Kier molecular flexibility index (Phi) is 6.61. The fourth-order valence-corrected chi connectivity index (χ4v) is 5.99. The number of aromatic nitrogens is 1. The molecule has 1 aromatic carbocycles. The van der Waals surface area contributed by atoms with Crippen LogP contribution in [-0.4, -0.2) is 53.5 Å². The molecule has 1 fully saturated rings. The molecule has 1 saturated heterocycles. The number of aryl methyl sites for hydroxylation is 1. The summed E-state index contributed by atoms with van der Waals surface area (Å²) in [5.74, 6) is 0. The van der Waals surface area contributed by atoms with Crippen molar-refractivity contribution >= 4 is 20.9 Å². The van der Waals surface area contributed by atoms with E-state index in [1.807, 2.05) is 19.1 Å². The van der Waals surface area contributed by atoms with Gasteiger partial charge in [0.1, 0.15) is 10.9 Å². The van der Waals surface area contributed by atoms with E-state index in [-0.39, 0.29) is 6.29 Å². The van der Waals surface area contributed by atoms with Crippen LogP contribution in [-0.2, 0) is 19.5 Å². The standard InChI is InChI=1S/C24H31NO6S/c1-17-13-20(21(27)15-26)14-19-8-11-25(23(17)19)32(28,29)24(2)9-6-18(7-10-24)16-31-22-5-3-4-12-30-22/h6-9,11,13-14,21-22,26-27H,3-5,10,12,15-16H2,1-2H3. The van der Waals surface area contributed by atoms with Crippen molar-refractivity contribution in [1.29, 1.82) is 0 Å². The molecule has 0 saturated carbocycles. The molecule has 174 valence electrons. The van der Waals surface area contributed by atoms with Crippen molar-refractivity contribution in [3.05, 3.63) is 59.3 Å². The molecule has 0 bridgehead atoms. The molecule has 2 aromatic rings. The summed E-state index contributed by atoms with van der Waals surface area (Å²) in [5, 5.41) is 19.9. The lowest BCUT2D eigenvalue weighted by Crippen LogP contribution is -2.38. The predicted octanol–water partition coefficient (Wildman–Crippen LogP) is 3.34. The maximum Gasteiger partial charge on any atom is 0.248 e. The zero-order valence-corrected chi connectivity index (χ0v) is 19.3. The average molecular weight is 462 g/mol. The highest BCUT2D eigenvalue weighted by Gasteiger charge is 2.39. The average Bonchev–Trinajstić information content (AvgIpc) is 3.24. The van der Waals surface area contributed by atoms with Crippen LogP contribution < -0.4 is 0 Å². The van der Waals surface area contributed by atoms with Crippen molar-refractivity contribution < 1.29 is 28.1 Å². The molecule has 3 unspecified atom stereocenters. The molecule has 2 heterocycles. The predicted molar refractivity (Wildman–Crippen MR) is 123 cm³/mol. The van der Waals surface area contributed by atoms with Gasteiger partial charge in [0.05, 0.1) is 18.7 Å². The molecular weight excluding hydrogens is 430 g/mol. The number of rotatable bonds is 7. The van der Waals surface area contributed by atoms with Gasteiger partial charge < -0.3 is 19.7 Å². The first-order valence-corrected chi connectivity index (χ1v) is 12.5. The number of fused-ring (bicyclic) bond motifs is 1. The van der Waals surface area contributed by atoms with Crippen LogP contribution in [0.25, 0.3) is 10.9 Å². The van der Waals surface area contributed by atoms with E-state index in [1.165, 1.54) is 3.97 Å². The highest BCUT2D eigenvalue weighted by atomic mass is 32.2. The van der Waals surface area contributed by atoms with E-state index in [9.17, 15) is 18.6 Å². The van der Waals surface area contributed by atoms with E-state index in [1.54, 1.807) is 37.4 Å². The lowest BCUT2D eigenvalue weighted by Gasteiger charge is -2.29. The summed E-state index contributed by atoms with van der Waals surface area (Å²) in [5.41, 5.74) is 2.81. The zero-order valence-electron chi connectivity index (χ0n) is 18.5. The molecule has 1 aliphatic heterocycles. The van der Waals surface area contributed by atoms with Crippen molar-refractivity contribution in [3.63, 3.8) is 0 Å². The van der Waals surface area contributed by atoms with Crippen molar-refractivity contribution in [2.24, 2.45) is 0 Å². The first-order valence-electron chi connectivity index (χ1n) is 11.0. The van der Waals surface area contributed by atoms with Gasteiger partial charge in [-0.05, 0) is 68.4 Å². The quantitative estimate of drug-likeness (QED) is 0.656. The molecule has 8 heteroatoms. The third-order valence-electron chi connectivity index (χ3n) is 6.36. The van der Waals surface area contributed by atoms with Gasteiger partial charge in [-0.1, -0.05) is 24.3 Å². The SMILES string of the molecule is Cc1cc(C(O)CO)cc2ccn(S(=O)(=O)C3(C)C=CC(COC4CCCCO4)=CC3)c12. The maximum atomic E-state index is 13.7. The molecule has 1 aliphatic carbocycles. The third-order valence-corrected chi connectivity index (χ3v) is 8.66. The summed E-state index contributed by atoms with van der Waals surface area (Å²) < 4.78 is 39.0. The summed E-state index contributed by atoms with van der Waals surface area (Å²) in [6.07, 6.45) is 9.27. The van der Waals surface area contributed by atoms with Crippen LogP contribution in [0.5, 0.6) is 0 Å². The molecule has 1 aromatic heterocycles. The van der Waals surface area contributed by atoms with Gasteiger partial charge in [0.25, 0.3) is 0 Å². The number of ether oxygens (including phenoxy) is 2. The number of benzene rings is 1. The second kappa shape index (κ2) is 9.11. The Bertz CT molecular complexity index is 1140. The summed E-state index contributed by atoms with van der Waals surface area (Å²) in [6, 6.07) is 5.16. The first-order chi connectivity index (χ1) is 15.2. The highest BCUT2D eigenvalue weighted by molar-refractivity contribution is 7.91. The first kappa shape index (κ1) is 23.2. The topological polar surface area (TPSA) is 98.0 Å². The largest absolute Gasteiger partial charge is 0.393 e. The van der Waals surface area contributed by atoms with Gasteiger partial charge in [0.15, 0.2) is 6.29 Å². The normalized spacial score (nSPS) is 25.1. The van der Waals surface area contributed by atoms with Gasteiger partial charge in [-0.15, -0.1) is 0 Å². The summed E-state index contributed by atoms with van der Waals surface area (Å²) in [6.45, 7) is 4.27. The molecule has 7 nitrogen and oxygen atoms in total. The van der Waals surface area contributed by atoms with Crippen LogP contribution in [0, 0.1) is 6.92 Å². The zero-order chi connectivity index (χ0) is 22.9. The Morgan fingerprint density at radius 2 is 2.16 bits per heavy atom. The van der Waals surface area contributed by atoms with E-state index in [0.717, 1.165) is 37.0 Å². The monoisotopic (exact) mass is 461 g/mol. The van der Waals surface area contributed by atoms with Crippen molar-refractivity contribution in [1.82, 2.24) is 3.97 Å². The number of nitrogens with zero attached hydrogens (tertiary/aromatic N) is 1. The minimum atomic E-state index is -3.76. The maximum absolute atomic E-state index is 13.7. The highest BCUT2D eigenvalue weighted by Crippen LogP contribution is 2.34. The van der Waals surface area contributed by atoms with E-state index in [0.29, 0.717) is 29.5 Å². The van der Waals surface area contributed by atoms with Crippen LogP contribution in [0.4, 0.5) is 0 Å². The Hall–Kier alpha value is -1.97. The second-order valence-corrected chi connectivity index (χ2v) is 11.1. The summed E-state index contributed by atoms with van der Waals surface area (Å²) in [7, 11) is -3.76. The number of hydrogen-bond donors (Lipinski definition) is 2.